The van der Waals surface area contributed by atoms with Crippen LogP contribution in [0.15, 0.2) is 24.3 Å². The van der Waals surface area contributed by atoms with Crippen molar-refractivity contribution >= 4 is 17.4 Å². The maximum absolute atomic E-state index is 13.1. The Morgan fingerprint density at radius 1 is 1.28 bits per heavy atom. The summed E-state index contributed by atoms with van der Waals surface area (Å²) in [6.45, 7) is 1.98. The Hall–Kier alpha value is -1.68. The van der Waals surface area contributed by atoms with E-state index < -0.39 is 5.82 Å². The number of hydrogen-bond acceptors (Lipinski definition) is 3. The van der Waals surface area contributed by atoms with E-state index in [1.54, 1.807) is 19.2 Å². The van der Waals surface area contributed by atoms with Gasteiger partial charge in [0.25, 0.3) is 0 Å². The van der Waals surface area contributed by atoms with E-state index in [1.165, 1.54) is 6.07 Å². The average Bonchev–Trinajstić information content (AvgIpc) is 2.41. The zero-order valence-corrected chi connectivity index (χ0v) is 10.9. The standard InChI is InChI=1S/C13H13ClFN3/c1-3-12-17-11(7-13(16-2)18-12)8-4-5-10(15)9(14)6-8/h4-7H,3H2,1-2H3,(H,16,17,18). The largest absolute Gasteiger partial charge is 0.373 e. The van der Waals surface area contributed by atoms with Crippen LogP contribution in [0.25, 0.3) is 11.3 Å². The molecule has 0 fully saturated rings. The van der Waals surface area contributed by atoms with Crippen LogP contribution in [0, 0.1) is 5.82 Å². The molecule has 1 heterocycles. The molecule has 1 N–H and O–H groups in total. The number of aryl methyl sites for hydroxylation is 1. The van der Waals surface area contributed by atoms with Crippen molar-refractivity contribution in [3.63, 3.8) is 0 Å². The fourth-order valence-electron chi connectivity index (χ4n) is 1.59. The molecule has 1 aromatic heterocycles. The molecule has 0 saturated heterocycles. The molecule has 0 bridgehead atoms. The predicted molar refractivity (Wildman–Crippen MR) is 71.4 cm³/mol. The Kier molecular flexibility index (Phi) is 3.77. The summed E-state index contributed by atoms with van der Waals surface area (Å²) in [5.41, 5.74) is 1.50. The molecular weight excluding hydrogens is 253 g/mol. The third-order valence-corrected chi connectivity index (χ3v) is 2.85. The maximum Gasteiger partial charge on any atom is 0.141 e. The van der Waals surface area contributed by atoms with Crippen LogP contribution in [0.5, 0.6) is 0 Å². The minimum atomic E-state index is -0.431. The van der Waals surface area contributed by atoms with Gasteiger partial charge >= 0.3 is 0 Å². The molecule has 0 aliphatic carbocycles. The highest BCUT2D eigenvalue weighted by Gasteiger charge is 2.07. The molecule has 2 aromatic rings. The van der Waals surface area contributed by atoms with Gasteiger partial charge in [0.1, 0.15) is 17.5 Å². The molecule has 5 heteroatoms. The van der Waals surface area contributed by atoms with Crippen molar-refractivity contribution in [2.24, 2.45) is 0 Å². The number of halogens is 2. The molecule has 1 aromatic carbocycles. The summed E-state index contributed by atoms with van der Waals surface area (Å²) >= 11 is 5.78. The fraction of sp³-hybridized carbons (Fsp3) is 0.231. The van der Waals surface area contributed by atoms with Crippen LogP contribution in [-0.2, 0) is 6.42 Å². The summed E-state index contributed by atoms with van der Waals surface area (Å²) < 4.78 is 13.1. The minimum Gasteiger partial charge on any atom is -0.373 e. The second-order valence-electron chi connectivity index (χ2n) is 3.79. The highest BCUT2D eigenvalue weighted by atomic mass is 35.5. The topological polar surface area (TPSA) is 37.8 Å². The van der Waals surface area contributed by atoms with Crippen LogP contribution in [0.1, 0.15) is 12.7 Å². The van der Waals surface area contributed by atoms with E-state index in [-0.39, 0.29) is 5.02 Å². The Balaban J connectivity index is 2.51. The summed E-state index contributed by atoms with van der Waals surface area (Å²) in [7, 11) is 1.79. The molecule has 0 spiro atoms. The summed E-state index contributed by atoms with van der Waals surface area (Å²) in [6.07, 6.45) is 0.734. The van der Waals surface area contributed by atoms with E-state index >= 15 is 0 Å². The van der Waals surface area contributed by atoms with Crippen LogP contribution in [-0.4, -0.2) is 17.0 Å². The summed E-state index contributed by atoms with van der Waals surface area (Å²) in [4.78, 5) is 8.72. The van der Waals surface area contributed by atoms with E-state index in [0.717, 1.165) is 29.3 Å². The van der Waals surface area contributed by atoms with Crippen molar-refractivity contribution in [3.05, 3.63) is 40.9 Å². The van der Waals surface area contributed by atoms with Crippen molar-refractivity contribution in [1.29, 1.82) is 0 Å². The van der Waals surface area contributed by atoms with Gasteiger partial charge in [0.15, 0.2) is 0 Å². The van der Waals surface area contributed by atoms with Gasteiger partial charge in [0.2, 0.25) is 0 Å². The number of rotatable bonds is 3. The number of hydrogen-bond donors (Lipinski definition) is 1. The van der Waals surface area contributed by atoms with Gasteiger partial charge in [0.05, 0.1) is 10.7 Å². The zero-order chi connectivity index (χ0) is 13.1. The lowest BCUT2D eigenvalue weighted by molar-refractivity contribution is 0.628. The Bertz CT molecular complexity index is 550. The highest BCUT2D eigenvalue weighted by Crippen LogP contribution is 2.25. The number of aromatic nitrogens is 2. The van der Waals surface area contributed by atoms with E-state index in [2.05, 4.69) is 15.3 Å². The van der Waals surface area contributed by atoms with Crippen molar-refractivity contribution < 1.29 is 4.39 Å². The first-order chi connectivity index (χ1) is 8.63. The van der Waals surface area contributed by atoms with Crippen molar-refractivity contribution in [2.75, 3.05) is 12.4 Å². The van der Waals surface area contributed by atoms with Gasteiger partial charge in [-0.2, -0.15) is 0 Å². The third-order valence-electron chi connectivity index (χ3n) is 2.56. The molecule has 0 unspecified atom stereocenters. The highest BCUT2D eigenvalue weighted by molar-refractivity contribution is 6.31. The lowest BCUT2D eigenvalue weighted by Crippen LogP contribution is -2.00. The SMILES string of the molecule is CCc1nc(NC)cc(-c2ccc(F)c(Cl)c2)n1. The van der Waals surface area contributed by atoms with E-state index in [0.29, 0.717) is 0 Å². The summed E-state index contributed by atoms with van der Waals surface area (Å²) in [5.74, 6) is 1.04. The first kappa shape index (κ1) is 12.8. The van der Waals surface area contributed by atoms with Gasteiger partial charge in [-0.3, -0.25) is 0 Å². The monoisotopic (exact) mass is 265 g/mol. The normalized spacial score (nSPS) is 10.4. The average molecular weight is 266 g/mol. The molecule has 3 nitrogen and oxygen atoms in total. The second kappa shape index (κ2) is 5.31. The van der Waals surface area contributed by atoms with Gasteiger partial charge in [-0.25, -0.2) is 14.4 Å². The Labute approximate surface area is 110 Å². The predicted octanol–water partition coefficient (Wildman–Crippen LogP) is 3.54. The molecule has 18 heavy (non-hydrogen) atoms. The van der Waals surface area contributed by atoms with E-state index in [1.807, 2.05) is 13.0 Å². The van der Waals surface area contributed by atoms with Crippen molar-refractivity contribution in [3.8, 4) is 11.3 Å². The molecule has 0 saturated carbocycles. The third kappa shape index (κ3) is 2.59. The van der Waals surface area contributed by atoms with Crippen LogP contribution < -0.4 is 5.32 Å². The van der Waals surface area contributed by atoms with Gasteiger partial charge in [0, 0.05) is 25.1 Å². The number of benzene rings is 1. The molecule has 94 valence electrons. The lowest BCUT2D eigenvalue weighted by atomic mass is 10.1. The zero-order valence-electron chi connectivity index (χ0n) is 10.2. The van der Waals surface area contributed by atoms with Crippen molar-refractivity contribution in [1.82, 2.24) is 9.97 Å². The number of anilines is 1. The van der Waals surface area contributed by atoms with Crippen molar-refractivity contribution in [2.45, 2.75) is 13.3 Å². The van der Waals surface area contributed by atoms with E-state index in [9.17, 15) is 4.39 Å². The minimum absolute atomic E-state index is 0.0927. The lowest BCUT2D eigenvalue weighted by Gasteiger charge is -2.07. The first-order valence-corrected chi connectivity index (χ1v) is 6.03. The molecule has 0 aliphatic heterocycles. The quantitative estimate of drug-likeness (QED) is 0.922. The molecule has 2 rings (SSSR count). The molecule has 0 amide bonds. The van der Waals surface area contributed by atoms with Gasteiger partial charge in [-0.15, -0.1) is 0 Å². The van der Waals surface area contributed by atoms with Crippen LogP contribution in [0.3, 0.4) is 0 Å². The molecule has 0 atom stereocenters. The van der Waals surface area contributed by atoms with Gasteiger partial charge in [-0.1, -0.05) is 18.5 Å². The summed E-state index contributed by atoms with van der Waals surface area (Å²) in [6, 6.07) is 6.37. The number of nitrogens with zero attached hydrogens (tertiary/aromatic N) is 2. The molecule has 0 radical (unpaired) electrons. The second-order valence-corrected chi connectivity index (χ2v) is 4.19. The summed E-state index contributed by atoms with van der Waals surface area (Å²) in [5, 5.41) is 3.07. The fourth-order valence-corrected chi connectivity index (χ4v) is 1.77. The maximum atomic E-state index is 13.1. The van der Waals surface area contributed by atoms with E-state index in [4.69, 9.17) is 11.6 Å². The smallest absolute Gasteiger partial charge is 0.141 e. The van der Waals surface area contributed by atoms with Gasteiger partial charge in [-0.05, 0) is 18.2 Å². The van der Waals surface area contributed by atoms with Crippen LogP contribution in [0.2, 0.25) is 5.02 Å². The molecule has 0 aliphatic rings. The van der Waals surface area contributed by atoms with Gasteiger partial charge < -0.3 is 5.32 Å². The first-order valence-electron chi connectivity index (χ1n) is 5.65. The Morgan fingerprint density at radius 2 is 2.06 bits per heavy atom. The number of nitrogens with one attached hydrogen (secondary N) is 1. The Morgan fingerprint density at radius 3 is 2.67 bits per heavy atom. The van der Waals surface area contributed by atoms with Crippen LogP contribution in [0.4, 0.5) is 10.2 Å². The molecular formula is C13H13ClFN3. The van der Waals surface area contributed by atoms with Crippen LogP contribution >= 0.6 is 11.6 Å².